The third-order valence-electron chi connectivity index (χ3n) is 13.0. The van der Waals surface area contributed by atoms with Crippen LogP contribution in [0.25, 0.3) is 27.6 Å². The highest BCUT2D eigenvalue weighted by atomic mass is 16.5. The fraction of sp³-hybridized carbons (Fsp3) is 0.429. The van der Waals surface area contributed by atoms with Crippen molar-refractivity contribution in [1.29, 1.82) is 0 Å². The van der Waals surface area contributed by atoms with E-state index in [4.69, 9.17) is 21.3 Å². The summed E-state index contributed by atoms with van der Waals surface area (Å²) >= 11 is 0. The lowest BCUT2D eigenvalue weighted by atomic mass is 9.88. The number of aromatic amines is 2. The number of ether oxygens (including phenoxy) is 1. The molecule has 4 aromatic rings. The Morgan fingerprint density at radius 2 is 1.82 bits per heavy atom. The second-order valence-electron chi connectivity index (χ2n) is 17.1. The number of nitrogens with zero attached hydrogens (tertiary/aromatic N) is 5. The predicted molar refractivity (Wildman–Crippen MR) is 235 cm³/mol. The number of fused-ring (bicyclic) bond motifs is 1. The van der Waals surface area contributed by atoms with Crippen LogP contribution in [0.2, 0.25) is 0 Å². The second-order valence-corrected chi connectivity index (χ2v) is 17.1. The first-order chi connectivity index (χ1) is 27.8. The maximum absolute atomic E-state index is 5.73. The number of benzene rings is 2. The minimum atomic E-state index is 0.202. The Balaban J connectivity index is 0.937. The number of H-pyrrole nitrogens is 2. The summed E-state index contributed by atoms with van der Waals surface area (Å²) in [4.78, 5) is 24.6. The van der Waals surface area contributed by atoms with Crippen LogP contribution in [-0.2, 0) is 11.3 Å². The summed E-state index contributed by atoms with van der Waals surface area (Å²) in [6.45, 7) is 19.4. The molecule has 0 spiro atoms. The summed E-state index contributed by atoms with van der Waals surface area (Å²) in [6.07, 6.45) is 28.0. The first kappa shape index (κ1) is 39.1. The van der Waals surface area contributed by atoms with E-state index in [-0.39, 0.29) is 6.04 Å². The standard InChI is InChI=1S/C49H61N7O/c1-6-8-9-10-11-12-45(55-25-27-57-28-26-55)35(3)56(34-49(4)22-23-49)33-46-50-31-44(52-46)42-20-19-40-29-39(17-18-41(40)30-42)37-13-15-38(16-14-37)43-32-51-48(53-43)47-36(7-2)21-24-54(47)5/h6,8-11,13,15-20,29-32,36-37,45,47H,1,3,7,12,14,21-28,33-34H2,2,4-5H3,(H,50,52)(H,51,53)/b9-8-,11-10-. The zero-order valence-electron chi connectivity index (χ0n) is 34.3. The van der Waals surface area contributed by atoms with Crippen molar-refractivity contribution >= 4 is 16.3 Å². The van der Waals surface area contributed by atoms with Gasteiger partial charge in [0.25, 0.3) is 0 Å². The topological polar surface area (TPSA) is 76.3 Å². The van der Waals surface area contributed by atoms with Crippen LogP contribution in [0.4, 0.5) is 0 Å². The van der Waals surface area contributed by atoms with Gasteiger partial charge in [-0.2, -0.15) is 0 Å². The highest BCUT2D eigenvalue weighted by Crippen LogP contribution is 2.46. The lowest BCUT2D eigenvalue weighted by Gasteiger charge is -2.40. The lowest BCUT2D eigenvalue weighted by molar-refractivity contribution is 0.0178. The normalized spacial score (nSPS) is 23.1. The summed E-state index contributed by atoms with van der Waals surface area (Å²) in [6, 6.07) is 14.3. The van der Waals surface area contributed by atoms with E-state index in [0.29, 0.717) is 29.8 Å². The SMILES string of the molecule is C=C/C=C\C=C/CC(C(=C)N(Cc1ncc(-c2ccc3cc(C4C=CC(c5cnc(C6C(CC)CCN6C)[nH]5)=CC4)ccc3c2)[nH]1)CC1(C)CC1)N1CCOCC1. The van der Waals surface area contributed by atoms with Crippen LogP contribution in [0.3, 0.4) is 0 Å². The molecule has 3 fully saturated rings. The summed E-state index contributed by atoms with van der Waals surface area (Å²) in [5, 5.41) is 2.49. The van der Waals surface area contributed by atoms with Crippen molar-refractivity contribution in [2.75, 3.05) is 46.4 Å². The Hall–Kier alpha value is -4.76. The summed E-state index contributed by atoms with van der Waals surface area (Å²) in [5.74, 6) is 3.09. The Morgan fingerprint density at radius 1 is 1.02 bits per heavy atom. The van der Waals surface area contributed by atoms with Crippen molar-refractivity contribution in [1.82, 2.24) is 34.6 Å². The molecule has 8 rings (SSSR count). The van der Waals surface area contributed by atoms with Gasteiger partial charge in [0.2, 0.25) is 0 Å². The first-order valence-corrected chi connectivity index (χ1v) is 21.2. The van der Waals surface area contributed by atoms with Gasteiger partial charge >= 0.3 is 0 Å². The van der Waals surface area contributed by atoms with Crippen molar-refractivity contribution in [2.24, 2.45) is 11.3 Å². The van der Waals surface area contributed by atoms with Crippen molar-refractivity contribution in [3.05, 3.63) is 139 Å². The van der Waals surface area contributed by atoms with Crippen molar-refractivity contribution in [3.63, 3.8) is 0 Å². The van der Waals surface area contributed by atoms with Gasteiger partial charge in [0, 0.05) is 36.8 Å². The monoisotopic (exact) mass is 763 g/mol. The number of likely N-dealkylation sites (tertiary alicyclic amines) is 1. The van der Waals surface area contributed by atoms with Crippen LogP contribution < -0.4 is 0 Å². The fourth-order valence-corrected chi connectivity index (χ4v) is 9.14. The summed E-state index contributed by atoms with van der Waals surface area (Å²) in [5.41, 5.74) is 7.38. The van der Waals surface area contributed by atoms with Gasteiger partial charge in [-0.3, -0.25) is 9.80 Å². The molecule has 2 saturated heterocycles. The zero-order valence-corrected chi connectivity index (χ0v) is 34.3. The van der Waals surface area contributed by atoms with Crippen LogP contribution in [0, 0.1) is 11.3 Å². The van der Waals surface area contributed by atoms with E-state index in [0.717, 1.165) is 86.5 Å². The molecule has 2 aromatic heterocycles. The van der Waals surface area contributed by atoms with Crippen LogP contribution >= 0.6 is 0 Å². The Labute approximate surface area is 339 Å². The number of hydrogen-bond donors (Lipinski definition) is 2. The molecular formula is C49H61N7O. The molecule has 0 amide bonds. The molecule has 4 heterocycles. The van der Waals surface area contributed by atoms with Gasteiger partial charge in [-0.05, 0) is 85.0 Å². The number of morpholine rings is 1. The largest absolute Gasteiger partial charge is 0.379 e. The van der Waals surface area contributed by atoms with Crippen LogP contribution in [0.1, 0.15) is 87.2 Å². The molecule has 4 atom stereocenters. The molecular weight excluding hydrogens is 703 g/mol. The molecule has 2 aliphatic heterocycles. The van der Waals surface area contributed by atoms with Crippen LogP contribution in [0.5, 0.6) is 0 Å². The van der Waals surface area contributed by atoms with E-state index < -0.39 is 0 Å². The maximum Gasteiger partial charge on any atom is 0.126 e. The Morgan fingerprint density at radius 3 is 2.60 bits per heavy atom. The molecule has 4 unspecified atom stereocenters. The molecule has 8 heteroatoms. The van der Waals surface area contributed by atoms with E-state index in [1.807, 2.05) is 30.6 Å². The Bertz CT molecular complexity index is 2160. The van der Waals surface area contributed by atoms with E-state index >= 15 is 0 Å². The molecule has 0 bridgehead atoms. The molecule has 298 valence electrons. The minimum Gasteiger partial charge on any atom is -0.379 e. The van der Waals surface area contributed by atoms with Gasteiger partial charge in [-0.15, -0.1) is 0 Å². The number of imidazole rings is 2. The number of allylic oxidation sites excluding steroid dienone is 8. The zero-order chi connectivity index (χ0) is 39.4. The van der Waals surface area contributed by atoms with Crippen LogP contribution in [0.15, 0.2) is 116 Å². The number of aromatic nitrogens is 4. The van der Waals surface area contributed by atoms with E-state index in [1.165, 1.54) is 47.6 Å². The van der Waals surface area contributed by atoms with Crippen molar-refractivity contribution < 1.29 is 4.74 Å². The molecule has 8 nitrogen and oxygen atoms in total. The van der Waals surface area contributed by atoms with Crippen molar-refractivity contribution in [2.45, 2.75) is 76.9 Å². The first-order valence-electron chi connectivity index (χ1n) is 21.2. The maximum atomic E-state index is 5.73. The Kier molecular flexibility index (Phi) is 11.9. The minimum absolute atomic E-state index is 0.202. The van der Waals surface area contributed by atoms with Gasteiger partial charge in [-0.1, -0.05) is 112 Å². The lowest BCUT2D eigenvalue weighted by Crippen LogP contribution is -2.47. The number of rotatable bonds is 16. The average Bonchev–Trinajstić information content (AvgIpc) is 3.60. The fourth-order valence-electron chi connectivity index (χ4n) is 9.14. The predicted octanol–water partition coefficient (Wildman–Crippen LogP) is 9.99. The van der Waals surface area contributed by atoms with E-state index in [1.54, 1.807) is 0 Å². The average molecular weight is 764 g/mol. The molecule has 57 heavy (non-hydrogen) atoms. The van der Waals surface area contributed by atoms with Gasteiger partial charge in [0.05, 0.1) is 55.6 Å². The smallest absolute Gasteiger partial charge is 0.126 e. The third kappa shape index (κ3) is 9.04. The van der Waals surface area contributed by atoms with E-state index in [9.17, 15) is 0 Å². The van der Waals surface area contributed by atoms with Gasteiger partial charge < -0.3 is 19.6 Å². The van der Waals surface area contributed by atoms with Gasteiger partial charge in [0.15, 0.2) is 0 Å². The van der Waals surface area contributed by atoms with Crippen molar-refractivity contribution in [3.8, 4) is 11.3 Å². The number of hydrogen-bond acceptors (Lipinski definition) is 6. The molecule has 2 aromatic carbocycles. The second kappa shape index (κ2) is 17.4. The van der Waals surface area contributed by atoms with Gasteiger partial charge in [0.1, 0.15) is 11.6 Å². The van der Waals surface area contributed by atoms with E-state index in [2.05, 4.69) is 119 Å². The summed E-state index contributed by atoms with van der Waals surface area (Å²) < 4.78 is 5.73. The van der Waals surface area contributed by atoms with Gasteiger partial charge in [-0.25, -0.2) is 9.97 Å². The summed E-state index contributed by atoms with van der Waals surface area (Å²) in [7, 11) is 2.22. The quantitative estimate of drug-likeness (QED) is 0.111. The molecule has 2 N–H and O–H groups in total. The van der Waals surface area contributed by atoms with Crippen LogP contribution in [-0.4, -0.2) is 87.1 Å². The molecule has 4 aliphatic rings. The molecule has 1 saturated carbocycles. The third-order valence-corrected chi connectivity index (χ3v) is 13.0. The molecule has 0 radical (unpaired) electrons. The highest BCUT2D eigenvalue weighted by molar-refractivity contribution is 5.87. The molecule has 2 aliphatic carbocycles. The number of nitrogens with one attached hydrogen (secondary N) is 2. The highest BCUT2D eigenvalue weighted by Gasteiger charge is 2.40.